The largest absolute Gasteiger partial charge is 0.497 e. The van der Waals surface area contributed by atoms with Crippen LogP contribution in [0.5, 0.6) is 17.2 Å². The van der Waals surface area contributed by atoms with Crippen molar-refractivity contribution >= 4 is 15.7 Å². The predicted octanol–water partition coefficient (Wildman–Crippen LogP) is 4.52. The van der Waals surface area contributed by atoms with Gasteiger partial charge in [-0.05, 0) is 48.9 Å². The molecule has 0 unspecified atom stereocenters. The molecule has 0 aromatic heterocycles. The summed E-state index contributed by atoms with van der Waals surface area (Å²) >= 11 is 0. The maximum absolute atomic E-state index is 13.7. The first-order chi connectivity index (χ1) is 14.4. The number of rotatable bonds is 6. The number of hydrogen-bond acceptors (Lipinski definition) is 5. The highest BCUT2D eigenvalue weighted by Crippen LogP contribution is 2.40. The summed E-state index contributed by atoms with van der Waals surface area (Å²) in [5, 5.41) is 0. The van der Waals surface area contributed by atoms with E-state index in [0.717, 1.165) is 0 Å². The summed E-state index contributed by atoms with van der Waals surface area (Å²) in [6.07, 6.45) is 0. The normalized spacial score (nSPS) is 13.7. The molecular formula is C22H20FNO5S. The van der Waals surface area contributed by atoms with E-state index in [4.69, 9.17) is 14.2 Å². The van der Waals surface area contributed by atoms with E-state index in [0.29, 0.717) is 28.5 Å². The summed E-state index contributed by atoms with van der Waals surface area (Å²) < 4.78 is 58.1. The minimum Gasteiger partial charge on any atom is -0.497 e. The van der Waals surface area contributed by atoms with E-state index in [2.05, 4.69) is 0 Å². The molecule has 0 bridgehead atoms. The molecule has 3 aromatic carbocycles. The zero-order valence-corrected chi connectivity index (χ0v) is 17.2. The van der Waals surface area contributed by atoms with Crippen LogP contribution < -0.4 is 18.5 Å². The van der Waals surface area contributed by atoms with Crippen LogP contribution in [0.25, 0.3) is 0 Å². The van der Waals surface area contributed by atoms with Crippen LogP contribution in [-0.4, -0.2) is 22.3 Å². The van der Waals surface area contributed by atoms with Gasteiger partial charge in [-0.3, -0.25) is 4.31 Å². The number of sulfonamides is 1. The predicted molar refractivity (Wildman–Crippen MR) is 110 cm³/mol. The van der Waals surface area contributed by atoms with Gasteiger partial charge in [0.1, 0.15) is 11.6 Å². The molecule has 1 aliphatic rings. The van der Waals surface area contributed by atoms with Gasteiger partial charge in [-0.25, -0.2) is 12.8 Å². The molecule has 0 fully saturated rings. The zero-order valence-electron chi connectivity index (χ0n) is 16.4. The average Bonchev–Trinajstić information content (AvgIpc) is 3.22. The third kappa shape index (κ3) is 3.66. The number of fused-ring (bicyclic) bond motifs is 1. The first kappa shape index (κ1) is 20.0. The molecule has 6 nitrogen and oxygen atoms in total. The van der Waals surface area contributed by atoms with Crippen molar-refractivity contribution in [1.29, 1.82) is 0 Å². The number of benzene rings is 3. The van der Waals surface area contributed by atoms with Crippen LogP contribution in [0, 0.1) is 5.82 Å². The van der Waals surface area contributed by atoms with Crippen molar-refractivity contribution < 1.29 is 27.0 Å². The fourth-order valence-corrected chi connectivity index (χ4v) is 5.02. The van der Waals surface area contributed by atoms with Gasteiger partial charge in [-0.1, -0.05) is 18.2 Å². The Morgan fingerprint density at radius 3 is 2.47 bits per heavy atom. The Hall–Kier alpha value is -3.26. The lowest BCUT2D eigenvalue weighted by Crippen LogP contribution is -2.33. The molecule has 1 aliphatic heterocycles. The molecule has 4 rings (SSSR count). The van der Waals surface area contributed by atoms with Crippen LogP contribution in [0.4, 0.5) is 10.1 Å². The van der Waals surface area contributed by atoms with Gasteiger partial charge in [0.2, 0.25) is 6.79 Å². The number of nitrogens with zero attached hydrogens (tertiary/aromatic N) is 1. The van der Waals surface area contributed by atoms with Crippen LogP contribution in [0.1, 0.15) is 18.5 Å². The summed E-state index contributed by atoms with van der Waals surface area (Å²) in [5.41, 5.74) is 1.04. The van der Waals surface area contributed by atoms with Gasteiger partial charge in [0, 0.05) is 12.1 Å². The van der Waals surface area contributed by atoms with Gasteiger partial charge >= 0.3 is 0 Å². The number of hydrogen-bond donors (Lipinski definition) is 0. The van der Waals surface area contributed by atoms with Crippen molar-refractivity contribution in [3.8, 4) is 17.2 Å². The fraction of sp³-hybridized carbons (Fsp3) is 0.182. The Kier molecular flexibility index (Phi) is 5.26. The first-order valence-corrected chi connectivity index (χ1v) is 10.7. The number of methoxy groups -OCH3 is 1. The molecule has 0 aliphatic carbocycles. The van der Waals surface area contributed by atoms with Crippen molar-refractivity contribution in [3.05, 3.63) is 78.1 Å². The Morgan fingerprint density at radius 1 is 1.00 bits per heavy atom. The molecule has 8 heteroatoms. The van der Waals surface area contributed by atoms with Gasteiger partial charge in [-0.15, -0.1) is 0 Å². The zero-order chi connectivity index (χ0) is 21.3. The fourth-order valence-electron chi connectivity index (χ4n) is 3.34. The molecule has 0 amide bonds. The molecule has 1 heterocycles. The Bertz CT molecular complexity index is 1160. The lowest BCUT2D eigenvalue weighted by atomic mass is 10.1. The third-order valence-electron chi connectivity index (χ3n) is 4.91. The number of ether oxygens (including phenoxy) is 3. The number of halogens is 1. The summed E-state index contributed by atoms with van der Waals surface area (Å²) in [4.78, 5) is 0.0773. The van der Waals surface area contributed by atoms with E-state index in [1.807, 2.05) is 0 Å². The summed E-state index contributed by atoms with van der Waals surface area (Å²) in [5.74, 6) is 1.05. The molecule has 0 saturated heterocycles. The molecule has 0 N–H and O–H groups in total. The van der Waals surface area contributed by atoms with Crippen molar-refractivity contribution in [2.24, 2.45) is 0 Å². The second-order valence-electron chi connectivity index (χ2n) is 6.74. The highest BCUT2D eigenvalue weighted by atomic mass is 32.2. The molecule has 0 saturated carbocycles. The molecule has 0 spiro atoms. The maximum Gasteiger partial charge on any atom is 0.265 e. The van der Waals surface area contributed by atoms with Crippen molar-refractivity contribution in [1.82, 2.24) is 0 Å². The standard InChI is InChI=1S/C22H20FNO5S/c1-15(16-6-8-17(23)9-7-16)24(18-10-11-21-22(12-18)29-14-28-21)30(25,26)20-5-3-4-19(13-20)27-2/h3-13,15H,14H2,1-2H3/t15-/m1/s1. The molecule has 1 atom stereocenters. The lowest BCUT2D eigenvalue weighted by Gasteiger charge is -2.31. The highest BCUT2D eigenvalue weighted by molar-refractivity contribution is 7.92. The van der Waals surface area contributed by atoms with Gasteiger partial charge in [0.15, 0.2) is 11.5 Å². The van der Waals surface area contributed by atoms with E-state index in [1.54, 1.807) is 49.4 Å². The van der Waals surface area contributed by atoms with E-state index in [1.165, 1.54) is 35.7 Å². The molecular weight excluding hydrogens is 409 g/mol. The van der Waals surface area contributed by atoms with Crippen LogP contribution in [0.2, 0.25) is 0 Å². The second-order valence-corrected chi connectivity index (χ2v) is 8.56. The minimum atomic E-state index is -4.00. The quantitative estimate of drug-likeness (QED) is 0.577. The molecule has 156 valence electrons. The highest BCUT2D eigenvalue weighted by Gasteiger charge is 2.32. The van der Waals surface area contributed by atoms with E-state index >= 15 is 0 Å². The lowest BCUT2D eigenvalue weighted by molar-refractivity contribution is 0.174. The SMILES string of the molecule is COc1cccc(S(=O)(=O)N(c2ccc3c(c2)OCO3)[C@H](C)c2ccc(F)cc2)c1. The summed E-state index contributed by atoms with van der Waals surface area (Å²) in [7, 11) is -2.52. The van der Waals surface area contributed by atoms with Gasteiger partial charge < -0.3 is 14.2 Å². The van der Waals surface area contributed by atoms with Gasteiger partial charge in [0.25, 0.3) is 10.0 Å². The van der Waals surface area contributed by atoms with E-state index < -0.39 is 21.9 Å². The smallest absolute Gasteiger partial charge is 0.265 e. The summed E-state index contributed by atoms with van der Waals surface area (Å²) in [6.45, 7) is 1.82. The second kappa shape index (κ2) is 7.87. The third-order valence-corrected chi connectivity index (χ3v) is 6.81. The van der Waals surface area contributed by atoms with Crippen molar-refractivity contribution in [2.45, 2.75) is 17.9 Å². The maximum atomic E-state index is 13.7. The van der Waals surface area contributed by atoms with Crippen LogP contribution >= 0.6 is 0 Å². The van der Waals surface area contributed by atoms with Gasteiger partial charge in [-0.2, -0.15) is 0 Å². The van der Waals surface area contributed by atoms with Crippen LogP contribution in [0.15, 0.2) is 71.6 Å². The van der Waals surface area contributed by atoms with E-state index in [-0.39, 0.29) is 11.7 Å². The summed E-state index contributed by atoms with van der Waals surface area (Å²) in [6, 6.07) is 16.4. The Balaban J connectivity index is 1.85. The topological polar surface area (TPSA) is 65.1 Å². The average molecular weight is 429 g/mol. The van der Waals surface area contributed by atoms with E-state index in [9.17, 15) is 12.8 Å². The van der Waals surface area contributed by atoms with Gasteiger partial charge in [0.05, 0.1) is 23.7 Å². The minimum absolute atomic E-state index is 0.0773. The molecule has 0 radical (unpaired) electrons. The van der Waals surface area contributed by atoms with Crippen molar-refractivity contribution in [3.63, 3.8) is 0 Å². The van der Waals surface area contributed by atoms with Crippen molar-refractivity contribution in [2.75, 3.05) is 18.2 Å². The Labute approximate surface area is 174 Å². The monoisotopic (exact) mass is 429 g/mol. The molecule has 30 heavy (non-hydrogen) atoms. The van der Waals surface area contributed by atoms with Crippen LogP contribution in [-0.2, 0) is 10.0 Å². The first-order valence-electron chi connectivity index (χ1n) is 9.24. The Morgan fingerprint density at radius 2 is 1.73 bits per heavy atom. The molecule has 3 aromatic rings. The number of anilines is 1. The van der Waals surface area contributed by atoms with Crippen LogP contribution in [0.3, 0.4) is 0 Å².